The molecule has 0 radical (unpaired) electrons. The van der Waals surface area contributed by atoms with Crippen molar-refractivity contribution < 1.29 is 0 Å². The zero-order chi connectivity index (χ0) is 14.3. The van der Waals surface area contributed by atoms with E-state index in [0.717, 1.165) is 28.7 Å². The van der Waals surface area contributed by atoms with Gasteiger partial charge in [-0.2, -0.15) is 0 Å². The monoisotopic (exact) mass is 349 g/mol. The first-order valence-corrected chi connectivity index (χ1v) is 8.22. The van der Waals surface area contributed by atoms with Gasteiger partial charge in [0.25, 0.3) is 0 Å². The van der Waals surface area contributed by atoms with Gasteiger partial charge in [-0.05, 0) is 48.6 Å². The fraction of sp³-hybridized carbons (Fsp3) is 0.267. The van der Waals surface area contributed by atoms with Crippen LogP contribution in [0.3, 0.4) is 0 Å². The van der Waals surface area contributed by atoms with Gasteiger partial charge in [0, 0.05) is 27.1 Å². The van der Waals surface area contributed by atoms with E-state index in [1.165, 1.54) is 10.4 Å². The molecule has 20 heavy (non-hydrogen) atoms. The van der Waals surface area contributed by atoms with Gasteiger partial charge in [0.15, 0.2) is 0 Å². The Labute approximate surface area is 131 Å². The highest BCUT2D eigenvalue weighted by Crippen LogP contribution is 2.38. The summed E-state index contributed by atoms with van der Waals surface area (Å²) in [5.74, 6) is 0.121. The minimum Gasteiger partial charge on any atom is -0.384 e. The van der Waals surface area contributed by atoms with Crippen molar-refractivity contribution in [1.82, 2.24) is 0 Å². The van der Waals surface area contributed by atoms with E-state index in [2.05, 4.69) is 45.3 Å². The average Bonchev–Trinajstić information content (AvgIpc) is 2.88. The van der Waals surface area contributed by atoms with Crippen molar-refractivity contribution in [3.05, 3.63) is 50.1 Å². The first-order chi connectivity index (χ1) is 9.58. The van der Waals surface area contributed by atoms with Crippen LogP contribution in [0, 0.1) is 5.41 Å². The Morgan fingerprint density at radius 3 is 3.00 bits per heavy atom. The van der Waals surface area contributed by atoms with Gasteiger partial charge in [-0.1, -0.05) is 15.9 Å². The third-order valence-corrected chi connectivity index (χ3v) is 5.33. The molecular weight excluding hydrogens is 334 g/mol. The summed E-state index contributed by atoms with van der Waals surface area (Å²) < 4.78 is 1.01. The van der Waals surface area contributed by atoms with E-state index in [1.54, 1.807) is 0 Å². The van der Waals surface area contributed by atoms with Crippen LogP contribution in [0.2, 0.25) is 0 Å². The maximum Gasteiger partial charge on any atom is 0.124 e. The molecule has 1 aromatic heterocycles. The Bertz CT molecular complexity index is 665. The molecule has 1 unspecified atom stereocenters. The van der Waals surface area contributed by atoms with Crippen molar-refractivity contribution in [2.24, 2.45) is 5.73 Å². The van der Waals surface area contributed by atoms with Gasteiger partial charge in [0.05, 0.1) is 6.04 Å². The van der Waals surface area contributed by atoms with Crippen LogP contribution in [-0.2, 0) is 6.42 Å². The second kappa shape index (κ2) is 5.22. The molecule has 1 aliphatic rings. The summed E-state index contributed by atoms with van der Waals surface area (Å²) in [6.45, 7) is 3.18. The Morgan fingerprint density at radius 2 is 2.25 bits per heavy atom. The van der Waals surface area contributed by atoms with Crippen molar-refractivity contribution >= 4 is 38.8 Å². The van der Waals surface area contributed by atoms with Crippen LogP contribution in [0.25, 0.3) is 0 Å². The molecule has 0 spiro atoms. The van der Waals surface area contributed by atoms with E-state index in [4.69, 9.17) is 11.1 Å². The number of benzene rings is 1. The fourth-order valence-electron chi connectivity index (χ4n) is 2.81. The van der Waals surface area contributed by atoms with Gasteiger partial charge in [0.2, 0.25) is 0 Å². The molecule has 0 amide bonds. The lowest BCUT2D eigenvalue weighted by Crippen LogP contribution is -2.34. The van der Waals surface area contributed by atoms with E-state index in [9.17, 15) is 0 Å². The van der Waals surface area contributed by atoms with Crippen LogP contribution in [0.1, 0.15) is 29.0 Å². The number of halogens is 1. The van der Waals surface area contributed by atoms with E-state index < -0.39 is 0 Å². The number of anilines is 1. The molecule has 104 valence electrons. The summed E-state index contributed by atoms with van der Waals surface area (Å²) in [6.07, 6.45) is 1.06. The predicted octanol–water partition coefficient (Wildman–Crippen LogP) is 3.92. The SMILES string of the molecule is CC1c2ccsc2CCN1c1cc(Br)ccc1C(=N)N. The summed E-state index contributed by atoms with van der Waals surface area (Å²) in [5, 5.41) is 9.95. The summed E-state index contributed by atoms with van der Waals surface area (Å²) in [5.41, 5.74) is 8.98. The Balaban J connectivity index is 2.06. The first kappa shape index (κ1) is 13.6. The number of nitrogen functional groups attached to an aromatic ring is 1. The maximum absolute atomic E-state index is 7.78. The third-order valence-electron chi connectivity index (χ3n) is 3.84. The van der Waals surface area contributed by atoms with Crippen LogP contribution in [0.4, 0.5) is 5.69 Å². The Kier molecular flexibility index (Phi) is 3.56. The fourth-order valence-corrected chi connectivity index (χ4v) is 4.12. The molecule has 0 fully saturated rings. The number of hydrogen-bond donors (Lipinski definition) is 2. The number of hydrogen-bond acceptors (Lipinski definition) is 3. The average molecular weight is 350 g/mol. The number of amidine groups is 1. The van der Waals surface area contributed by atoms with E-state index in [1.807, 2.05) is 23.5 Å². The molecular formula is C15H16BrN3S. The molecule has 3 N–H and O–H groups in total. The van der Waals surface area contributed by atoms with Crippen molar-refractivity contribution in [2.45, 2.75) is 19.4 Å². The lowest BCUT2D eigenvalue weighted by atomic mass is 9.99. The van der Waals surface area contributed by atoms with Gasteiger partial charge in [-0.15, -0.1) is 11.3 Å². The topological polar surface area (TPSA) is 53.1 Å². The van der Waals surface area contributed by atoms with Crippen molar-refractivity contribution in [2.75, 3.05) is 11.4 Å². The highest BCUT2D eigenvalue weighted by Gasteiger charge is 2.26. The summed E-state index contributed by atoms with van der Waals surface area (Å²) in [6, 6.07) is 8.44. The van der Waals surface area contributed by atoms with Gasteiger partial charge >= 0.3 is 0 Å². The summed E-state index contributed by atoms with van der Waals surface area (Å²) in [4.78, 5) is 3.82. The number of thiophene rings is 1. The smallest absolute Gasteiger partial charge is 0.124 e. The number of rotatable bonds is 2. The molecule has 0 saturated carbocycles. The van der Waals surface area contributed by atoms with Crippen LogP contribution in [0.5, 0.6) is 0 Å². The zero-order valence-electron chi connectivity index (χ0n) is 11.2. The molecule has 0 aliphatic carbocycles. The zero-order valence-corrected chi connectivity index (χ0v) is 13.6. The molecule has 1 atom stereocenters. The number of nitrogens with zero attached hydrogens (tertiary/aromatic N) is 1. The molecule has 0 saturated heterocycles. The molecule has 3 nitrogen and oxygen atoms in total. The maximum atomic E-state index is 7.78. The van der Waals surface area contributed by atoms with Crippen LogP contribution >= 0.6 is 27.3 Å². The Hall–Kier alpha value is -1.33. The Morgan fingerprint density at radius 1 is 1.45 bits per heavy atom. The van der Waals surface area contributed by atoms with Gasteiger partial charge in [-0.3, -0.25) is 5.41 Å². The summed E-state index contributed by atoms with van der Waals surface area (Å²) in [7, 11) is 0. The molecule has 2 heterocycles. The second-order valence-electron chi connectivity index (χ2n) is 4.99. The number of fused-ring (bicyclic) bond motifs is 1. The normalized spacial score (nSPS) is 17.9. The van der Waals surface area contributed by atoms with Crippen LogP contribution in [0.15, 0.2) is 34.1 Å². The largest absolute Gasteiger partial charge is 0.384 e. The lowest BCUT2D eigenvalue weighted by molar-refractivity contribution is 0.632. The first-order valence-electron chi connectivity index (χ1n) is 6.55. The summed E-state index contributed by atoms with van der Waals surface area (Å²) >= 11 is 5.36. The number of nitrogens with one attached hydrogen (secondary N) is 1. The van der Waals surface area contributed by atoms with Gasteiger partial charge in [-0.25, -0.2) is 0 Å². The standard InChI is InChI=1S/C15H16BrN3S/c1-9-11-5-7-20-14(11)4-6-19(9)13-8-10(16)2-3-12(13)15(17)18/h2-3,5,7-9H,4,6H2,1H3,(H3,17,18). The quantitative estimate of drug-likeness (QED) is 0.637. The highest BCUT2D eigenvalue weighted by molar-refractivity contribution is 9.10. The highest BCUT2D eigenvalue weighted by atomic mass is 79.9. The third kappa shape index (κ3) is 2.25. The lowest BCUT2D eigenvalue weighted by Gasteiger charge is -2.36. The molecule has 0 bridgehead atoms. The molecule has 2 aromatic rings. The van der Waals surface area contributed by atoms with Gasteiger partial charge in [0.1, 0.15) is 5.84 Å². The van der Waals surface area contributed by atoms with Crippen LogP contribution < -0.4 is 10.6 Å². The van der Waals surface area contributed by atoms with Gasteiger partial charge < -0.3 is 10.6 Å². The van der Waals surface area contributed by atoms with Crippen LogP contribution in [-0.4, -0.2) is 12.4 Å². The molecule has 1 aliphatic heterocycles. The van der Waals surface area contributed by atoms with Crippen molar-refractivity contribution in [1.29, 1.82) is 5.41 Å². The van der Waals surface area contributed by atoms with E-state index in [0.29, 0.717) is 6.04 Å². The minimum atomic E-state index is 0.121. The van der Waals surface area contributed by atoms with E-state index >= 15 is 0 Å². The minimum absolute atomic E-state index is 0.121. The number of nitrogens with two attached hydrogens (primary N) is 1. The second-order valence-corrected chi connectivity index (χ2v) is 6.91. The molecule has 1 aromatic carbocycles. The van der Waals surface area contributed by atoms with E-state index in [-0.39, 0.29) is 5.84 Å². The van der Waals surface area contributed by atoms with Crippen molar-refractivity contribution in [3.8, 4) is 0 Å². The molecule has 3 rings (SSSR count). The predicted molar refractivity (Wildman–Crippen MR) is 88.9 cm³/mol. The molecule has 5 heteroatoms. The van der Waals surface area contributed by atoms with Crippen molar-refractivity contribution in [3.63, 3.8) is 0 Å².